The number of anilines is 2. The van der Waals surface area contributed by atoms with Gasteiger partial charge >= 0.3 is 18.1 Å². The lowest BCUT2D eigenvalue weighted by molar-refractivity contribution is -0.660. The highest BCUT2D eigenvalue weighted by Gasteiger charge is 2.77. The summed E-state index contributed by atoms with van der Waals surface area (Å²) >= 11 is 5.82. The minimum absolute atomic E-state index is 0.0766. The topological polar surface area (TPSA) is 37.2 Å². The molecule has 0 radical (unpaired) electrons. The Kier molecular flexibility index (Phi) is 3.50. The van der Waals surface area contributed by atoms with Gasteiger partial charge in [-0.15, -0.1) is 0 Å². The summed E-state index contributed by atoms with van der Waals surface area (Å²) in [7, 11) is 1.33. The third-order valence-electron chi connectivity index (χ3n) is 4.63. The summed E-state index contributed by atoms with van der Waals surface area (Å²) in [5, 5.41) is 4.20. The second kappa shape index (κ2) is 5.20. The quantitative estimate of drug-likeness (QED) is 0.506. The first-order valence-electron chi connectivity index (χ1n) is 7.60. The van der Waals surface area contributed by atoms with Crippen LogP contribution < -0.4 is 15.2 Å². The molecule has 0 saturated carbocycles. The van der Waals surface area contributed by atoms with Crippen LogP contribution in [0.3, 0.4) is 0 Å². The number of hydrogen-bond acceptors (Lipinski definition) is 3. The summed E-state index contributed by atoms with van der Waals surface area (Å²) in [4.78, 5) is 0. The minimum atomic E-state index is -5.23. The fourth-order valence-corrected chi connectivity index (χ4v) is 3.58. The van der Waals surface area contributed by atoms with Crippen molar-refractivity contribution in [2.75, 3.05) is 10.6 Å². The average Bonchev–Trinajstić information content (AvgIpc) is 2.55. The Hall–Kier alpha value is -2.20. The fourth-order valence-electron chi connectivity index (χ4n) is 3.41. The number of ether oxygens (including phenoxy) is 1. The van der Waals surface area contributed by atoms with Gasteiger partial charge in [0.25, 0.3) is 11.5 Å². The van der Waals surface area contributed by atoms with Gasteiger partial charge in [0.05, 0.1) is 18.8 Å². The van der Waals surface area contributed by atoms with E-state index < -0.39 is 34.9 Å². The number of fused-ring (bicyclic) bond motifs is 6. The summed E-state index contributed by atoms with van der Waals surface area (Å²) in [5.74, 6) is -0.378. The first-order valence-corrected chi connectivity index (χ1v) is 7.98. The molecule has 4 nitrogen and oxygen atoms in total. The van der Waals surface area contributed by atoms with E-state index in [-0.39, 0.29) is 16.5 Å². The zero-order valence-electron chi connectivity index (χ0n) is 13.5. The zero-order chi connectivity index (χ0) is 19.8. The number of aromatic nitrogens is 1. The third kappa shape index (κ3) is 2.26. The molecule has 0 aliphatic carbocycles. The Bertz CT molecular complexity index is 947. The number of hydrogen-bond donors (Lipinski definition) is 2. The number of nitrogens with one attached hydrogen (secondary N) is 2. The highest BCUT2D eigenvalue weighted by Crippen LogP contribution is 2.60. The molecule has 2 aliphatic rings. The number of aryl methyl sites for hydroxylation is 1. The molecule has 0 spiro atoms. The smallest absolute Gasteiger partial charge is 0.345 e. The maximum Gasteiger partial charge on any atom is 0.464 e. The van der Waals surface area contributed by atoms with Gasteiger partial charge in [-0.25, -0.2) is 9.88 Å². The van der Waals surface area contributed by atoms with Crippen LogP contribution in [0.25, 0.3) is 0 Å². The zero-order valence-corrected chi connectivity index (χ0v) is 14.2. The normalized spacial score (nSPS) is 26.5. The van der Waals surface area contributed by atoms with Crippen LogP contribution in [0.5, 0.6) is 0 Å². The van der Waals surface area contributed by atoms with Crippen molar-refractivity contribution in [3.8, 4) is 0 Å². The highest BCUT2D eigenvalue weighted by molar-refractivity contribution is 6.30. The molecule has 2 N–H and O–H groups in total. The SMILES string of the molecule is C[n+]1cccc2c1NC1(C(F)(F)F)OC2(C(F)(F)F)Nc2ccc(Cl)cc21. The van der Waals surface area contributed by atoms with E-state index in [4.69, 9.17) is 16.3 Å². The lowest BCUT2D eigenvalue weighted by Crippen LogP contribution is -2.69. The number of benzene rings is 1. The van der Waals surface area contributed by atoms with Crippen LogP contribution in [0, 0.1) is 0 Å². The van der Waals surface area contributed by atoms with E-state index in [0.717, 1.165) is 22.8 Å². The molecule has 4 rings (SSSR count). The second-order valence-electron chi connectivity index (χ2n) is 6.28. The molecule has 0 fully saturated rings. The molecule has 2 atom stereocenters. The van der Waals surface area contributed by atoms with E-state index in [1.807, 2.05) is 0 Å². The number of alkyl halides is 6. The Morgan fingerprint density at radius 1 is 0.963 bits per heavy atom. The number of halogens is 7. The van der Waals surface area contributed by atoms with Gasteiger partial charge in [0.15, 0.2) is 0 Å². The molecule has 0 saturated heterocycles. The lowest BCUT2D eigenvalue weighted by atomic mass is 9.88. The van der Waals surface area contributed by atoms with Crippen molar-refractivity contribution in [3.63, 3.8) is 0 Å². The molecular formula is C16H11ClF6N3O+. The summed E-state index contributed by atoms with van der Waals surface area (Å²) in [6, 6.07) is 5.55. The molecule has 11 heteroatoms. The van der Waals surface area contributed by atoms with Crippen LogP contribution in [-0.2, 0) is 23.2 Å². The van der Waals surface area contributed by atoms with E-state index in [2.05, 4.69) is 10.6 Å². The van der Waals surface area contributed by atoms with Crippen LogP contribution in [-0.4, -0.2) is 12.4 Å². The molecule has 2 aromatic rings. The first-order chi connectivity index (χ1) is 12.4. The van der Waals surface area contributed by atoms with Crippen molar-refractivity contribution in [2.45, 2.75) is 23.8 Å². The van der Waals surface area contributed by atoms with Gasteiger partial charge in [-0.2, -0.15) is 26.3 Å². The van der Waals surface area contributed by atoms with Crippen LogP contribution in [0.2, 0.25) is 5.02 Å². The summed E-state index contributed by atoms with van der Waals surface area (Å²) in [6.07, 6.45) is -9.10. The molecular weight excluding hydrogens is 400 g/mol. The molecule has 27 heavy (non-hydrogen) atoms. The standard InChI is InChI=1S/C16H10ClF6N3O/c1-26-6-2-3-9-12(26)25-14(16(21,22)23)10-7-8(17)4-5-11(10)24-13(9,27-14)15(18,19)20/h2-7,24H,1H3/p+1. The molecule has 3 heterocycles. The van der Waals surface area contributed by atoms with Gasteiger partial charge in [0.1, 0.15) is 5.56 Å². The van der Waals surface area contributed by atoms with Crippen molar-refractivity contribution >= 4 is 23.1 Å². The Morgan fingerprint density at radius 2 is 1.59 bits per heavy atom. The molecule has 2 unspecified atom stereocenters. The average molecular weight is 411 g/mol. The van der Waals surface area contributed by atoms with E-state index in [0.29, 0.717) is 0 Å². The minimum Gasteiger partial charge on any atom is -0.345 e. The molecule has 2 bridgehead atoms. The van der Waals surface area contributed by atoms with Crippen molar-refractivity contribution in [1.29, 1.82) is 0 Å². The third-order valence-corrected chi connectivity index (χ3v) is 4.87. The van der Waals surface area contributed by atoms with Gasteiger partial charge in [-0.05, 0) is 30.3 Å². The largest absolute Gasteiger partial charge is 0.464 e. The highest BCUT2D eigenvalue weighted by atomic mass is 35.5. The van der Waals surface area contributed by atoms with Gasteiger partial charge in [-0.3, -0.25) is 4.74 Å². The van der Waals surface area contributed by atoms with Crippen LogP contribution in [0.1, 0.15) is 11.1 Å². The van der Waals surface area contributed by atoms with Crippen LogP contribution in [0.15, 0.2) is 36.5 Å². The van der Waals surface area contributed by atoms with Crippen molar-refractivity contribution in [2.24, 2.45) is 7.05 Å². The Balaban J connectivity index is 2.13. The lowest BCUT2D eigenvalue weighted by Gasteiger charge is -2.51. The van der Waals surface area contributed by atoms with Gasteiger partial charge in [0.2, 0.25) is 0 Å². The molecule has 144 valence electrons. The van der Waals surface area contributed by atoms with E-state index in [9.17, 15) is 26.3 Å². The summed E-state index contributed by atoms with van der Waals surface area (Å²) < 4.78 is 90.9. The molecule has 0 amide bonds. The summed E-state index contributed by atoms with van der Waals surface area (Å²) in [6.45, 7) is 0. The maximum absolute atomic E-state index is 14.2. The predicted octanol–water partition coefficient (Wildman–Crippen LogP) is 4.16. The Labute approximate surface area is 153 Å². The maximum atomic E-state index is 14.2. The predicted molar refractivity (Wildman–Crippen MR) is 82.9 cm³/mol. The van der Waals surface area contributed by atoms with Crippen LogP contribution >= 0.6 is 11.6 Å². The van der Waals surface area contributed by atoms with Gasteiger partial charge in [0, 0.05) is 10.7 Å². The fraction of sp³-hybridized carbons (Fsp3) is 0.312. The Morgan fingerprint density at radius 3 is 2.22 bits per heavy atom. The van der Waals surface area contributed by atoms with E-state index in [1.54, 1.807) is 0 Å². The van der Waals surface area contributed by atoms with Gasteiger partial charge in [-0.1, -0.05) is 11.6 Å². The first kappa shape index (κ1) is 18.2. The second-order valence-corrected chi connectivity index (χ2v) is 6.72. The summed E-state index contributed by atoms with van der Waals surface area (Å²) in [5.41, 5.74) is -8.33. The number of pyridine rings is 1. The van der Waals surface area contributed by atoms with Crippen molar-refractivity contribution in [1.82, 2.24) is 0 Å². The van der Waals surface area contributed by atoms with Crippen molar-refractivity contribution in [3.05, 3.63) is 52.7 Å². The van der Waals surface area contributed by atoms with E-state index in [1.165, 1.54) is 25.4 Å². The number of rotatable bonds is 0. The van der Waals surface area contributed by atoms with Gasteiger partial charge < -0.3 is 5.32 Å². The molecule has 2 aliphatic heterocycles. The van der Waals surface area contributed by atoms with E-state index >= 15 is 0 Å². The number of nitrogens with zero attached hydrogens (tertiary/aromatic N) is 1. The molecule has 1 aromatic heterocycles. The monoisotopic (exact) mass is 410 g/mol. The molecule has 1 aromatic carbocycles. The van der Waals surface area contributed by atoms with Crippen LogP contribution in [0.4, 0.5) is 37.8 Å². The van der Waals surface area contributed by atoms with Crippen molar-refractivity contribution < 1.29 is 35.6 Å².